The third kappa shape index (κ3) is 6.95. The van der Waals surface area contributed by atoms with Gasteiger partial charge >= 0.3 is 6.03 Å². The molecule has 6 nitrogen and oxygen atoms in total. The Kier molecular flexibility index (Phi) is 8.44. The minimum Gasteiger partial charge on any atom is -0.467 e. The van der Waals surface area contributed by atoms with Gasteiger partial charge in [0.05, 0.1) is 12.8 Å². The highest BCUT2D eigenvalue weighted by atomic mass is 79.9. The van der Waals surface area contributed by atoms with Crippen molar-refractivity contribution in [2.75, 3.05) is 18.4 Å². The van der Waals surface area contributed by atoms with Gasteiger partial charge in [0.15, 0.2) is 0 Å². The van der Waals surface area contributed by atoms with E-state index in [1.807, 2.05) is 19.1 Å². The third-order valence-electron chi connectivity index (χ3n) is 4.75. The van der Waals surface area contributed by atoms with Crippen LogP contribution in [0.15, 0.2) is 75.8 Å². The molecule has 0 fully saturated rings. The fraction of sp³-hybridized carbons (Fsp3) is 0.250. The molecule has 1 aromatic heterocycles. The van der Waals surface area contributed by atoms with Gasteiger partial charge in [0.25, 0.3) is 0 Å². The molecule has 0 saturated carbocycles. The van der Waals surface area contributed by atoms with E-state index < -0.39 is 0 Å². The Hall–Kier alpha value is -3.13. The molecule has 2 aromatic carbocycles. The first-order valence-electron chi connectivity index (χ1n) is 10.3. The summed E-state index contributed by atoms with van der Waals surface area (Å²) in [5.41, 5.74) is 1.42. The number of amides is 3. The van der Waals surface area contributed by atoms with E-state index in [9.17, 15) is 14.0 Å². The van der Waals surface area contributed by atoms with Crippen molar-refractivity contribution in [2.45, 2.75) is 26.4 Å². The second-order valence-electron chi connectivity index (χ2n) is 7.32. The van der Waals surface area contributed by atoms with Crippen LogP contribution in [0.4, 0.5) is 14.9 Å². The maximum atomic E-state index is 13.3. The van der Waals surface area contributed by atoms with Crippen molar-refractivity contribution in [3.63, 3.8) is 0 Å². The number of anilines is 1. The zero-order valence-corrected chi connectivity index (χ0v) is 19.3. The fourth-order valence-electron chi connectivity index (χ4n) is 3.19. The van der Waals surface area contributed by atoms with E-state index in [0.29, 0.717) is 24.4 Å². The van der Waals surface area contributed by atoms with Gasteiger partial charge < -0.3 is 19.5 Å². The molecule has 0 radical (unpaired) electrons. The molecule has 0 aliphatic rings. The molecule has 3 aromatic rings. The predicted molar refractivity (Wildman–Crippen MR) is 124 cm³/mol. The zero-order valence-electron chi connectivity index (χ0n) is 17.8. The normalized spacial score (nSPS) is 10.6. The molecule has 0 atom stereocenters. The SMILES string of the molecule is CCCN(CC(=O)N(Cc1ccc(F)cc1)Cc1ccco1)C(=O)Nc1cccc(Br)c1. The van der Waals surface area contributed by atoms with Gasteiger partial charge in [-0.3, -0.25) is 4.79 Å². The van der Waals surface area contributed by atoms with Crippen molar-refractivity contribution in [3.05, 3.63) is 88.5 Å². The summed E-state index contributed by atoms with van der Waals surface area (Å²) in [5.74, 6) is 0.0562. The Morgan fingerprint density at radius 3 is 2.47 bits per heavy atom. The average Bonchev–Trinajstić information content (AvgIpc) is 3.27. The van der Waals surface area contributed by atoms with Crippen molar-refractivity contribution in [3.8, 4) is 0 Å². The van der Waals surface area contributed by atoms with Crippen LogP contribution in [-0.2, 0) is 17.9 Å². The van der Waals surface area contributed by atoms with E-state index in [4.69, 9.17) is 4.42 Å². The summed E-state index contributed by atoms with van der Waals surface area (Å²) >= 11 is 3.39. The summed E-state index contributed by atoms with van der Waals surface area (Å²) in [6.07, 6.45) is 2.25. The summed E-state index contributed by atoms with van der Waals surface area (Å²) in [5, 5.41) is 2.84. The number of nitrogens with zero attached hydrogens (tertiary/aromatic N) is 2. The van der Waals surface area contributed by atoms with Crippen LogP contribution < -0.4 is 5.32 Å². The molecule has 0 bridgehead atoms. The molecule has 0 aliphatic carbocycles. The van der Waals surface area contributed by atoms with Gasteiger partial charge in [-0.15, -0.1) is 0 Å². The highest BCUT2D eigenvalue weighted by molar-refractivity contribution is 9.10. The maximum Gasteiger partial charge on any atom is 0.322 e. The van der Waals surface area contributed by atoms with Crippen molar-refractivity contribution >= 4 is 33.6 Å². The Balaban J connectivity index is 1.73. The van der Waals surface area contributed by atoms with Gasteiger partial charge in [0.2, 0.25) is 5.91 Å². The molecular formula is C24H25BrFN3O3. The van der Waals surface area contributed by atoms with Gasteiger partial charge in [0, 0.05) is 23.2 Å². The zero-order chi connectivity index (χ0) is 22.9. The molecule has 0 unspecified atom stereocenters. The Bertz CT molecular complexity index is 1030. The van der Waals surface area contributed by atoms with E-state index in [2.05, 4.69) is 21.2 Å². The van der Waals surface area contributed by atoms with Crippen LogP contribution in [0.1, 0.15) is 24.7 Å². The Morgan fingerprint density at radius 1 is 1.03 bits per heavy atom. The predicted octanol–water partition coefficient (Wildman–Crippen LogP) is 5.65. The minimum absolute atomic E-state index is 0.0877. The van der Waals surface area contributed by atoms with E-state index in [-0.39, 0.29) is 37.4 Å². The van der Waals surface area contributed by atoms with Crippen molar-refractivity contribution in [1.82, 2.24) is 9.80 Å². The van der Waals surface area contributed by atoms with Crippen molar-refractivity contribution in [2.24, 2.45) is 0 Å². The number of benzene rings is 2. The number of rotatable bonds is 9. The number of urea groups is 1. The van der Waals surface area contributed by atoms with Crippen molar-refractivity contribution in [1.29, 1.82) is 0 Å². The van der Waals surface area contributed by atoms with Crippen LogP contribution in [0, 0.1) is 5.82 Å². The lowest BCUT2D eigenvalue weighted by molar-refractivity contribution is -0.133. The number of nitrogens with one attached hydrogen (secondary N) is 1. The van der Waals surface area contributed by atoms with Gasteiger partial charge in [-0.25, -0.2) is 9.18 Å². The number of hydrogen-bond donors (Lipinski definition) is 1. The van der Waals surface area contributed by atoms with Crippen LogP contribution in [-0.4, -0.2) is 34.8 Å². The van der Waals surface area contributed by atoms with Crippen LogP contribution in [0.2, 0.25) is 0 Å². The van der Waals surface area contributed by atoms with Crippen LogP contribution in [0.3, 0.4) is 0 Å². The first-order chi connectivity index (χ1) is 15.4. The van der Waals surface area contributed by atoms with E-state index in [1.165, 1.54) is 17.0 Å². The fourth-order valence-corrected chi connectivity index (χ4v) is 3.59. The Morgan fingerprint density at radius 2 is 1.81 bits per heavy atom. The summed E-state index contributed by atoms with van der Waals surface area (Å²) in [6.45, 7) is 2.80. The number of hydrogen-bond acceptors (Lipinski definition) is 3. The lowest BCUT2D eigenvalue weighted by Gasteiger charge is -2.27. The molecule has 3 amide bonds. The number of halogens is 2. The maximum absolute atomic E-state index is 13.3. The van der Waals surface area contributed by atoms with E-state index in [0.717, 1.165) is 10.0 Å². The third-order valence-corrected chi connectivity index (χ3v) is 5.24. The molecule has 0 saturated heterocycles. The second-order valence-corrected chi connectivity index (χ2v) is 8.23. The van der Waals surface area contributed by atoms with Crippen molar-refractivity contribution < 1.29 is 18.4 Å². The second kappa shape index (κ2) is 11.5. The molecule has 0 spiro atoms. The van der Waals surface area contributed by atoms with Crippen LogP contribution in [0.25, 0.3) is 0 Å². The smallest absolute Gasteiger partial charge is 0.322 e. The summed E-state index contributed by atoms with van der Waals surface area (Å²) in [4.78, 5) is 29.2. The average molecular weight is 502 g/mol. The van der Waals surface area contributed by atoms with Gasteiger partial charge in [-0.2, -0.15) is 0 Å². The quantitative estimate of drug-likeness (QED) is 0.411. The number of carbonyl (C=O) groups is 2. The number of furan rings is 1. The molecule has 3 rings (SSSR count). The largest absolute Gasteiger partial charge is 0.467 e. The highest BCUT2D eigenvalue weighted by Gasteiger charge is 2.22. The van der Waals surface area contributed by atoms with Gasteiger partial charge in [-0.05, 0) is 54.4 Å². The first kappa shape index (κ1) is 23.5. The van der Waals surface area contributed by atoms with E-state index in [1.54, 1.807) is 47.6 Å². The molecule has 1 N–H and O–H groups in total. The number of carbonyl (C=O) groups excluding carboxylic acids is 2. The molecule has 32 heavy (non-hydrogen) atoms. The summed E-state index contributed by atoms with van der Waals surface area (Å²) in [7, 11) is 0. The lowest BCUT2D eigenvalue weighted by atomic mass is 10.2. The summed E-state index contributed by atoms with van der Waals surface area (Å²) in [6, 6.07) is 16.5. The van der Waals surface area contributed by atoms with Gasteiger partial charge in [0.1, 0.15) is 18.1 Å². The lowest BCUT2D eigenvalue weighted by Crippen LogP contribution is -2.44. The topological polar surface area (TPSA) is 65.8 Å². The minimum atomic E-state index is -0.349. The standard InChI is InChI=1S/C24H25BrFN3O3/c1-2-12-28(24(31)27-21-6-3-5-19(25)14-21)17-23(30)29(16-22-7-4-13-32-22)15-18-8-10-20(26)11-9-18/h3-11,13-14H,2,12,15-17H2,1H3,(H,27,31). The van der Waals surface area contributed by atoms with E-state index >= 15 is 0 Å². The first-order valence-corrected chi connectivity index (χ1v) is 11.1. The summed E-state index contributed by atoms with van der Waals surface area (Å²) < 4.78 is 19.5. The highest BCUT2D eigenvalue weighted by Crippen LogP contribution is 2.17. The van der Waals surface area contributed by atoms with Gasteiger partial charge in [-0.1, -0.05) is 41.1 Å². The molecule has 8 heteroatoms. The molecule has 0 aliphatic heterocycles. The molecule has 168 valence electrons. The van der Waals surface area contributed by atoms with Crippen LogP contribution >= 0.6 is 15.9 Å². The van der Waals surface area contributed by atoms with Crippen LogP contribution in [0.5, 0.6) is 0 Å². The monoisotopic (exact) mass is 501 g/mol. The Labute approximate surface area is 195 Å². The molecular weight excluding hydrogens is 477 g/mol. The molecule has 1 heterocycles.